The van der Waals surface area contributed by atoms with Crippen LogP contribution in [0.1, 0.15) is 16.8 Å². The van der Waals surface area contributed by atoms with Crippen LogP contribution in [0, 0.1) is 5.82 Å². The molecule has 7 heteroatoms. The van der Waals surface area contributed by atoms with E-state index in [0.29, 0.717) is 0 Å². The fraction of sp³-hybridized carbons (Fsp3) is 0.385. The second-order valence-electron chi connectivity index (χ2n) is 4.03. The second-order valence-corrected chi connectivity index (χ2v) is 4.03. The zero-order chi connectivity index (χ0) is 15.3. The van der Waals surface area contributed by atoms with Crippen molar-refractivity contribution in [3.8, 4) is 11.5 Å². The number of carbonyl (C=O) groups is 2. The van der Waals surface area contributed by atoms with E-state index in [4.69, 9.17) is 14.6 Å². The Kier molecular flexibility index (Phi) is 5.31. The number of halogens is 1. The van der Waals surface area contributed by atoms with Crippen molar-refractivity contribution in [3.63, 3.8) is 0 Å². The average molecular weight is 285 g/mol. The number of hydrogen-bond acceptors (Lipinski definition) is 4. The van der Waals surface area contributed by atoms with Crippen LogP contribution in [0.5, 0.6) is 11.5 Å². The molecule has 1 N–H and O–H groups in total. The standard InChI is InChI=1S/C13H16FNO5/c1-15(7-6-10(16)17)13(18)11-8(14)4-5-9(19-2)12(11)20-3/h4-5H,6-7H2,1-3H3,(H,16,17). The molecule has 110 valence electrons. The molecular formula is C13H16FNO5. The molecule has 0 atom stereocenters. The molecule has 0 saturated heterocycles. The Morgan fingerprint density at radius 3 is 2.45 bits per heavy atom. The second kappa shape index (κ2) is 6.74. The van der Waals surface area contributed by atoms with Crippen LogP contribution in [0.4, 0.5) is 4.39 Å². The molecule has 0 fully saturated rings. The van der Waals surface area contributed by atoms with Gasteiger partial charge >= 0.3 is 5.97 Å². The smallest absolute Gasteiger partial charge is 0.305 e. The number of rotatable bonds is 6. The Labute approximate surface area is 115 Å². The largest absolute Gasteiger partial charge is 0.493 e. The molecule has 0 aliphatic carbocycles. The summed E-state index contributed by atoms with van der Waals surface area (Å²) >= 11 is 0. The van der Waals surface area contributed by atoms with Gasteiger partial charge in [0.15, 0.2) is 11.5 Å². The van der Waals surface area contributed by atoms with Gasteiger partial charge in [0.1, 0.15) is 11.4 Å². The number of carboxylic acids is 1. The molecule has 6 nitrogen and oxygen atoms in total. The summed E-state index contributed by atoms with van der Waals surface area (Å²) in [4.78, 5) is 23.8. The van der Waals surface area contributed by atoms with Gasteiger partial charge in [-0.3, -0.25) is 9.59 Å². The highest BCUT2D eigenvalue weighted by Crippen LogP contribution is 2.33. The number of amides is 1. The van der Waals surface area contributed by atoms with Crippen molar-refractivity contribution in [3.05, 3.63) is 23.5 Å². The predicted octanol–water partition coefficient (Wildman–Crippen LogP) is 1.39. The highest BCUT2D eigenvalue weighted by atomic mass is 19.1. The molecule has 0 unspecified atom stereocenters. The van der Waals surface area contributed by atoms with E-state index in [1.54, 1.807) is 0 Å². The number of carbonyl (C=O) groups excluding carboxylic acids is 1. The summed E-state index contributed by atoms with van der Waals surface area (Å²) < 4.78 is 23.9. The third-order valence-electron chi connectivity index (χ3n) is 2.72. The Bertz CT molecular complexity index is 518. The van der Waals surface area contributed by atoms with E-state index < -0.39 is 17.7 Å². The molecule has 1 aromatic rings. The van der Waals surface area contributed by atoms with E-state index >= 15 is 0 Å². The minimum atomic E-state index is -1.04. The van der Waals surface area contributed by atoms with Gasteiger partial charge in [0.05, 0.1) is 20.6 Å². The van der Waals surface area contributed by atoms with Crippen molar-refractivity contribution in [2.45, 2.75) is 6.42 Å². The number of ether oxygens (including phenoxy) is 2. The van der Waals surface area contributed by atoms with Crippen LogP contribution in [0.25, 0.3) is 0 Å². The number of benzene rings is 1. The topological polar surface area (TPSA) is 76.1 Å². The molecule has 0 spiro atoms. The van der Waals surface area contributed by atoms with Crippen LogP contribution in [-0.4, -0.2) is 49.7 Å². The first-order valence-electron chi connectivity index (χ1n) is 5.80. The van der Waals surface area contributed by atoms with E-state index in [-0.39, 0.29) is 30.0 Å². The predicted molar refractivity (Wildman–Crippen MR) is 68.7 cm³/mol. The number of carboxylic acid groups (broad SMARTS) is 1. The lowest BCUT2D eigenvalue weighted by molar-refractivity contribution is -0.137. The van der Waals surface area contributed by atoms with Gasteiger partial charge in [0, 0.05) is 13.6 Å². The molecule has 0 bridgehead atoms. The SMILES string of the molecule is COc1ccc(F)c(C(=O)N(C)CCC(=O)O)c1OC. The van der Waals surface area contributed by atoms with Crippen molar-refractivity contribution in [1.82, 2.24) is 4.90 Å². The van der Waals surface area contributed by atoms with Gasteiger partial charge in [-0.15, -0.1) is 0 Å². The first-order chi connectivity index (χ1) is 9.42. The van der Waals surface area contributed by atoms with Gasteiger partial charge in [0.2, 0.25) is 0 Å². The van der Waals surface area contributed by atoms with Gasteiger partial charge in [-0.05, 0) is 12.1 Å². The molecular weight excluding hydrogens is 269 g/mol. The minimum Gasteiger partial charge on any atom is -0.493 e. The third kappa shape index (κ3) is 3.37. The first kappa shape index (κ1) is 15.7. The molecule has 1 rings (SSSR count). The van der Waals surface area contributed by atoms with Gasteiger partial charge in [0.25, 0.3) is 5.91 Å². The van der Waals surface area contributed by atoms with E-state index in [2.05, 4.69) is 0 Å². The number of methoxy groups -OCH3 is 2. The maximum atomic E-state index is 13.9. The molecule has 0 saturated carbocycles. The molecule has 1 amide bonds. The normalized spacial score (nSPS) is 10.0. The summed E-state index contributed by atoms with van der Waals surface area (Å²) in [6.07, 6.45) is -0.226. The summed E-state index contributed by atoms with van der Waals surface area (Å²) in [5.74, 6) is -2.25. The lowest BCUT2D eigenvalue weighted by Gasteiger charge is -2.19. The summed E-state index contributed by atoms with van der Waals surface area (Å²) in [5.41, 5.74) is -0.278. The van der Waals surface area contributed by atoms with Crippen LogP contribution in [0.2, 0.25) is 0 Å². The lowest BCUT2D eigenvalue weighted by Crippen LogP contribution is -2.30. The van der Waals surface area contributed by atoms with Gasteiger partial charge in [-0.1, -0.05) is 0 Å². The molecule has 0 heterocycles. The van der Waals surface area contributed by atoms with Crippen LogP contribution in [0.3, 0.4) is 0 Å². The lowest BCUT2D eigenvalue weighted by atomic mass is 10.1. The first-order valence-corrected chi connectivity index (χ1v) is 5.80. The average Bonchev–Trinajstić information content (AvgIpc) is 2.43. The monoisotopic (exact) mass is 285 g/mol. The molecule has 0 aromatic heterocycles. The van der Waals surface area contributed by atoms with Crippen molar-refractivity contribution < 1.29 is 28.6 Å². The van der Waals surface area contributed by atoms with Crippen molar-refractivity contribution >= 4 is 11.9 Å². The zero-order valence-electron chi connectivity index (χ0n) is 11.5. The number of hydrogen-bond donors (Lipinski definition) is 1. The Hall–Kier alpha value is -2.31. The molecule has 1 aromatic carbocycles. The maximum absolute atomic E-state index is 13.9. The number of aliphatic carboxylic acids is 1. The van der Waals surface area contributed by atoms with Gasteiger partial charge in [-0.25, -0.2) is 4.39 Å². The van der Waals surface area contributed by atoms with Gasteiger partial charge in [-0.2, -0.15) is 0 Å². The molecule has 0 aliphatic rings. The van der Waals surface area contributed by atoms with Crippen LogP contribution in [-0.2, 0) is 4.79 Å². The van der Waals surface area contributed by atoms with E-state index in [1.807, 2.05) is 0 Å². The third-order valence-corrected chi connectivity index (χ3v) is 2.72. The van der Waals surface area contributed by atoms with E-state index in [0.717, 1.165) is 11.0 Å². The Morgan fingerprint density at radius 2 is 1.95 bits per heavy atom. The van der Waals surface area contributed by atoms with Crippen molar-refractivity contribution in [2.24, 2.45) is 0 Å². The minimum absolute atomic E-state index is 0.0142. The van der Waals surface area contributed by atoms with Crippen LogP contribution >= 0.6 is 0 Å². The van der Waals surface area contributed by atoms with Gasteiger partial charge < -0.3 is 19.5 Å². The van der Waals surface area contributed by atoms with Crippen LogP contribution in [0.15, 0.2) is 12.1 Å². The number of nitrogens with zero attached hydrogens (tertiary/aromatic N) is 1. The fourth-order valence-corrected chi connectivity index (χ4v) is 1.66. The fourth-order valence-electron chi connectivity index (χ4n) is 1.66. The quantitative estimate of drug-likeness (QED) is 0.854. The Morgan fingerprint density at radius 1 is 1.30 bits per heavy atom. The highest BCUT2D eigenvalue weighted by Gasteiger charge is 2.24. The molecule has 20 heavy (non-hydrogen) atoms. The summed E-state index contributed by atoms with van der Waals surface area (Å²) in [6.45, 7) is -0.0338. The summed E-state index contributed by atoms with van der Waals surface area (Å²) in [6, 6.07) is 2.45. The van der Waals surface area contributed by atoms with Crippen molar-refractivity contribution in [2.75, 3.05) is 27.8 Å². The van der Waals surface area contributed by atoms with E-state index in [9.17, 15) is 14.0 Å². The molecule has 0 radical (unpaired) electrons. The van der Waals surface area contributed by atoms with Crippen molar-refractivity contribution in [1.29, 1.82) is 0 Å². The van der Waals surface area contributed by atoms with E-state index in [1.165, 1.54) is 27.3 Å². The summed E-state index contributed by atoms with van der Waals surface area (Å²) in [7, 11) is 4.06. The highest BCUT2D eigenvalue weighted by molar-refractivity contribution is 5.98. The maximum Gasteiger partial charge on any atom is 0.305 e. The zero-order valence-corrected chi connectivity index (χ0v) is 11.5. The molecule has 0 aliphatic heterocycles. The summed E-state index contributed by atoms with van der Waals surface area (Å²) in [5, 5.41) is 8.60. The van der Waals surface area contributed by atoms with Crippen LogP contribution < -0.4 is 9.47 Å². The Balaban J connectivity index is 3.11.